The summed E-state index contributed by atoms with van der Waals surface area (Å²) in [5, 5.41) is 0.100. The standard InChI is InChI=1S/C36H32N2O4S2/c1-25(39)43-35-21-13-31(14-22-35)37(29-9-17-33(41-3)18-10-29)27-5-7-28(8-6-27)38(30-11-19-34(42-4)20-12-30)32-15-23-36(24-16-32)44-26(2)40/h5-24H,1-4H3. The Hall–Kier alpha value is -4.66. The van der Waals surface area contributed by atoms with E-state index in [1.54, 1.807) is 28.1 Å². The number of methoxy groups -OCH3 is 2. The Balaban J connectivity index is 1.54. The molecule has 0 unspecified atom stereocenters. The van der Waals surface area contributed by atoms with Gasteiger partial charge in [0.05, 0.1) is 14.2 Å². The van der Waals surface area contributed by atoms with Crippen molar-refractivity contribution in [3.63, 3.8) is 0 Å². The van der Waals surface area contributed by atoms with Crippen molar-refractivity contribution < 1.29 is 19.1 Å². The summed E-state index contributed by atoms with van der Waals surface area (Å²) in [5.74, 6) is 1.56. The number of ether oxygens (including phenoxy) is 2. The van der Waals surface area contributed by atoms with Crippen molar-refractivity contribution in [3.05, 3.63) is 121 Å². The van der Waals surface area contributed by atoms with Gasteiger partial charge in [0.2, 0.25) is 0 Å². The van der Waals surface area contributed by atoms with Crippen molar-refractivity contribution in [2.24, 2.45) is 0 Å². The first-order valence-corrected chi connectivity index (χ1v) is 15.5. The first-order chi connectivity index (χ1) is 21.3. The van der Waals surface area contributed by atoms with E-state index >= 15 is 0 Å². The number of hydrogen-bond acceptors (Lipinski definition) is 8. The summed E-state index contributed by atoms with van der Waals surface area (Å²) in [5.41, 5.74) is 5.79. The molecule has 44 heavy (non-hydrogen) atoms. The average molecular weight is 621 g/mol. The number of nitrogens with zero attached hydrogens (tertiary/aromatic N) is 2. The lowest BCUT2D eigenvalue weighted by Crippen LogP contribution is -2.12. The van der Waals surface area contributed by atoms with Crippen molar-refractivity contribution in [3.8, 4) is 11.5 Å². The van der Waals surface area contributed by atoms with Gasteiger partial charge in [0.1, 0.15) is 11.5 Å². The van der Waals surface area contributed by atoms with Crippen molar-refractivity contribution in [1.82, 2.24) is 0 Å². The highest BCUT2D eigenvalue weighted by molar-refractivity contribution is 8.13. The van der Waals surface area contributed by atoms with E-state index in [1.165, 1.54) is 23.5 Å². The van der Waals surface area contributed by atoms with Crippen molar-refractivity contribution in [2.45, 2.75) is 23.6 Å². The van der Waals surface area contributed by atoms with Crippen LogP contribution in [0.15, 0.2) is 131 Å². The lowest BCUT2D eigenvalue weighted by Gasteiger charge is -2.28. The monoisotopic (exact) mass is 620 g/mol. The Labute approximate surface area is 266 Å². The molecule has 5 aromatic rings. The highest BCUT2D eigenvalue weighted by Crippen LogP contribution is 2.40. The van der Waals surface area contributed by atoms with Gasteiger partial charge >= 0.3 is 0 Å². The molecule has 0 aliphatic heterocycles. The molecular weight excluding hydrogens is 589 g/mol. The maximum Gasteiger partial charge on any atom is 0.190 e. The number of anilines is 6. The van der Waals surface area contributed by atoms with Crippen molar-refractivity contribution >= 4 is 67.9 Å². The third kappa shape index (κ3) is 7.45. The summed E-state index contributed by atoms with van der Waals surface area (Å²) >= 11 is 2.43. The van der Waals surface area contributed by atoms with E-state index in [9.17, 15) is 9.59 Å². The number of carbonyl (C=O) groups excluding carboxylic acids is 2. The van der Waals surface area contributed by atoms with Gasteiger partial charge in [-0.25, -0.2) is 0 Å². The predicted molar refractivity (Wildman–Crippen MR) is 182 cm³/mol. The lowest BCUT2D eigenvalue weighted by atomic mass is 10.1. The van der Waals surface area contributed by atoms with Gasteiger partial charge in [-0.3, -0.25) is 9.59 Å². The smallest absolute Gasteiger partial charge is 0.190 e. The minimum atomic E-state index is 0.0500. The van der Waals surface area contributed by atoms with Gasteiger partial charge in [0.25, 0.3) is 0 Å². The molecule has 0 aliphatic carbocycles. The van der Waals surface area contributed by atoms with Crippen LogP contribution < -0.4 is 19.3 Å². The van der Waals surface area contributed by atoms with Crippen LogP contribution in [0, 0.1) is 0 Å². The molecule has 0 atom stereocenters. The third-order valence-electron chi connectivity index (χ3n) is 6.74. The minimum absolute atomic E-state index is 0.0500. The predicted octanol–water partition coefficient (Wildman–Crippen LogP) is 9.92. The summed E-state index contributed by atoms with van der Waals surface area (Å²) in [6.07, 6.45) is 0. The van der Waals surface area contributed by atoms with E-state index < -0.39 is 0 Å². The normalized spacial score (nSPS) is 10.6. The molecule has 0 spiro atoms. The van der Waals surface area contributed by atoms with E-state index in [4.69, 9.17) is 9.47 Å². The van der Waals surface area contributed by atoms with Gasteiger partial charge in [-0.1, -0.05) is 23.5 Å². The molecule has 0 heterocycles. The van der Waals surface area contributed by atoms with Crippen LogP contribution in [0.2, 0.25) is 0 Å². The van der Waals surface area contributed by atoms with Crippen molar-refractivity contribution in [2.75, 3.05) is 24.0 Å². The van der Waals surface area contributed by atoms with Crippen LogP contribution >= 0.6 is 23.5 Å². The van der Waals surface area contributed by atoms with Crippen molar-refractivity contribution in [1.29, 1.82) is 0 Å². The molecule has 0 bridgehead atoms. The highest BCUT2D eigenvalue weighted by atomic mass is 32.2. The zero-order valence-electron chi connectivity index (χ0n) is 24.9. The van der Waals surface area contributed by atoms with Crippen LogP contribution in [0.4, 0.5) is 34.1 Å². The Morgan fingerprint density at radius 3 is 0.886 bits per heavy atom. The molecule has 5 aromatic carbocycles. The fraction of sp³-hybridized carbons (Fsp3) is 0.111. The average Bonchev–Trinajstić information content (AvgIpc) is 3.04. The number of rotatable bonds is 10. The zero-order valence-corrected chi connectivity index (χ0v) is 26.5. The molecule has 0 N–H and O–H groups in total. The van der Waals surface area contributed by atoms with Gasteiger partial charge in [-0.15, -0.1) is 0 Å². The van der Waals surface area contributed by atoms with Gasteiger partial charge < -0.3 is 19.3 Å². The minimum Gasteiger partial charge on any atom is -0.497 e. The Morgan fingerprint density at radius 1 is 0.432 bits per heavy atom. The SMILES string of the molecule is COc1ccc(N(c2ccc(SC(C)=O)cc2)c2ccc(N(c3ccc(OC)cc3)c3ccc(SC(C)=O)cc3)cc2)cc1. The molecular formula is C36H32N2O4S2. The molecule has 222 valence electrons. The zero-order chi connectivity index (χ0) is 31.1. The van der Waals surface area contributed by atoms with Gasteiger partial charge in [0.15, 0.2) is 10.2 Å². The van der Waals surface area contributed by atoms with E-state index in [1.807, 2.05) is 97.1 Å². The molecule has 0 aromatic heterocycles. The summed E-state index contributed by atoms with van der Waals surface area (Å²) in [4.78, 5) is 29.4. The van der Waals surface area contributed by atoms with E-state index in [-0.39, 0.29) is 10.2 Å². The second-order valence-corrected chi connectivity index (χ2v) is 12.3. The second-order valence-electron chi connectivity index (χ2n) is 9.76. The molecule has 5 rings (SSSR count). The summed E-state index contributed by atoms with van der Waals surface area (Å²) in [6.45, 7) is 3.14. The molecule has 0 saturated heterocycles. The molecule has 0 saturated carbocycles. The maximum atomic E-state index is 11.6. The van der Waals surface area contributed by atoms with Crippen LogP contribution in [0.1, 0.15) is 13.8 Å². The van der Waals surface area contributed by atoms with Crippen LogP contribution in [-0.2, 0) is 9.59 Å². The molecule has 0 radical (unpaired) electrons. The largest absolute Gasteiger partial charge is 0.497 e. The van der Waals surface area contributed by atoms with Crippen LogP contribution in [0.5, 0.6) is 11.5 Å². The van der Waals surface area contributed by atoms with Crippen LogP contribution in [-0.4, -0.2) is 24.5 Å². The van der Waals surface area contributed by atoms with Crippen LogP contribution in [0.3, 0.4) is 0 Å². The fourth-order valence-corrected chi connectivity index (χ4v) is 5.97. The third-order valence-corrected chi connectivity index (χ3v) is 8.33. The number of benzene rings is 5. The first kappa shape index (κ1) is 30.8. The van der Waals surface area contributed by atoms with Gasteiger partial charge in [0, 0.05) is 57.8 Å². The van der Waals surface area contributed by atoms with E-state index in [2.05, 4.69) is 34.1 Å². The Bertz CT molecular complexity index is 1580. The first-order valence-electron chi connectivity index (χ1n) is 13.9. The molecule has 0 amide bonds. The number of hydrogen-bond donors (Lipinski definition) is 0. The number of thioether (sulfide) groups is 2. The summed E-state index contributed by atoms with van der Waals surface area (Å²) in [7, 11) is 3.31. The van der Waals surface area contributed by atoms with E-state index in [0.29, 0.717) is 0 Å². The lowest BCUT2D eigenvalue weighted by molar-refractivity contribution is -0.109. The molecule has 0 aliphatic rings. The summed E-state index contributed by atoms with van der Waals surface area (Å²) in [6, 6.07) is 40.2. The van der Waals surface area contributed by atoms with E-state index in [0.717, 1.165) is 55.4 Å². The fourth-order valence-electron chi connectivity index (χ4n) is 4.77. The second kappa shape index (κ2) is 14.2. The molecule has 0 fully saturated rings. The van der Waals surface area contributed by atoms with Gasteiger partial charge in [-0.2, -0.15) is 0 Å². The summed E-state index contributed by atoms with van der Waals surface area (Å²) < 4.78 is 10.8. The quantitative estimate of drug-likeness (QED) is 0.143. The number of carbonyl (C=O) groups is 2. The topological polar surface area (TPSA) is 59.1 Å². The Morgan fingerprint density at radius 2 is 0.659 bits per heavy atom. The Kier molecular flexibility index (Phi) is 9.94. The van der Waals surface area contributed by atoms with Gasteiger partial charge in [-0.05, 0) is 121 Å². The molecule has 8 heteroatoms. The highest BCUT2D eigenvalue weighted by Gasteiger charge is 2.17. The van der Waals surface area contributed by atoms with Crippen LogP contribution in [0.25, 0.3) is 0 Å². The molecule has 6 nitrogen and oxygen atoms in total. The maximum absolute atomic E-state index is 11.6.